The normalized spacial score (nSPS) is 25.1. The van der Waals surface area contributed by atoms with Gasteiger partial charge in [-0.3, -0.25) is 9.88 Å². The van der Waals surface area contributed by atoms with E-state index in [1.807, 2.05) is 24.4 Å². The first-order valence-electron chi connectivity index (χ1n) is 6.16. The first kappa shape index (κ1) is 12.5. The van der Waals surface area contributed by atoms with Crippen molar-refractivity contribution in [3.63, 3.8) is 0 Å². The smallest absolute Gasteiger partial charge is 0.0662 e. The summed E-state index contributed by atoms with van der Waals surface area (Å²) in [5.41, 5.74) is 7.01. The summed E-state index contributed by atoms with van der Waals surface area (Å²) in [5, 5.41) is 0. The van der Waals surface area contributed by atoms with Crippen LogP contribution in [0.3, 0.4) is 0 Å². The Morgan fingerprint density at radius 2 is 2.41 bits per heavy atom. The lowest BCUT2D eigenvalue weighted by Crippen LogP contribution is -2.56. The van der Waals surface area contributed by atoms with Crippen molar-refractivity contribution in [3.8, 4) is 0 Å². The highest BCUT2D eigenvalue weighted by Gasteiger charge is 2.35. The Morgan fingerprint density at radius 1 is 1.53 bits per heavy atom. The van der Waals surface area contributed by atoms with E-state index in [9.17, 15) is 0 Å². The van der Waals surface area contributed by atoms with Gasteiger partial charge >= 0.3 is 0 Å². The van der Waals surface area contributed by atoms with Crippen LogP contribution in [-0.2, 0) is 11.3 Å². The van der Waals surface area contributed by atoms with E-state index in [2.05, 4.69) is 16.9 Å². The van der Waals surface area contributed by atoms with Gasteiger partial charge in [0.15, 0.2) is 0 Å². The molecule has 94 valence electrons. The average Bonchev–Trinajstić information content (AvgIpc) is 2.40. The van der Waals surface area contributed by atoms with Crippen LogP contribution in [0.4, 0.5) is 0 Å². The molecule has 17 heavy (non-hydrogen) atoms. The van der Waals surface area contributed by atoms with Crippen molar-refractivity contribution in [1.82, 2.24) is 9.88 Å². The summed E-state index contributed by atoms with van der Waals surface area (Å²) in [4.78, 5) is 6.64. The third-order valence-corrected chi connectivity index (χ3v) is 3.62. The van der Waals surface area contributed by atoms with Crippen molar-refractivity contribution < 1.29 is 4.74 Å². The molecule has 2 heterocycles. The van der Waals surface area contributed by atoms with Crippen molar-refractivity contribution in [2.45, 2.75) is 24.9 Å². The second-order valence-electron chi connectivity index (χ2n) is 4.76. The minimum Gasteiger partial charge on any atom is -0.379 e. The number of pyridine rings is 1. The maximum Gasteiger partial charge on any atom is 0.0662 e. The van der Waals surface area contributed by atoms with Gasteiger partial charge in [-0.2, -0.15) is 0 Å². The van der Waals surface area contributed by atoms with Crippen LogP contribution >= 0.6 is 0 Å². The zero-order chi connectivity index (χ0) is 12.1. The molecule has 0 saturated carbocycles. The molecule has 1 fully saturated rings. The highest BCUT2D eigenvalue weighted by atomic mass is 16.5. The highest BCUT2D eigenvalue weighted by Crippen LogP contribution is 2.25. The molecule has 1 atom stereocenters. The van der Waals surface area contributed by atoms with E-state index >= 15 is 0 Å². The van der Waals surface area contributed by atoms with Crippen LogP contribution < -0.4 is 5.73 Å². The summed E-state index contributed by atoms with van der Waals surface area (Å²) < 4.78 is 5.59. The fourth-order valence-corrected chi connectivity index (χ4v) is 2.36. The van der Waals surface area contributed by atoms with Crippen LogP contribution in [0.25, 0.3) is 0 Å². The van der Waals surface area contributed by atoms with Gasteiger partial charge in [0.1, 0.15) is 0 Å². The molecular weight excluding hydrogens is 214 g/mol. The fourth-order valence-electron chi connectivity index (χ4n) is 2.36. The number of aromatic nitrogens is 1. The quantitative estimate of drug-likeness (QED) is 0.846. The Balaban J connectivity index is 2.04. The van der Waals surface area contributed by atoms with E-state index in [4.69, 9.17) is 10.5 Å². The van der Waals surface area contributed by atoms with Crippen molar-refractivity contribution in [2.24, 2.45) is 5.73 Å². The van der Waals surface area contributed by atoms with Gasteiger partial charge in [0.05, 0.1) is 17.8 Å². The molecule has 4 heteroatoms. The third kappa shape index (κ3) is 2.83. The number of rotatable bonds is 4. The Morgan fingerprint density at radius 3 is 3.00 bits per heavy atom. The average molecular weight is 235 g/mol. The molecule has 1 aromatic heterocycles. The van der Waals surface area contributed by atoms with Gasteiger partial charge in [0.2, 0.25) is 0 Å². The summed E-state index contributed by atoms with van der Waals surface area (Å²) >= 11 is 0. The maximum atomic E-state index is 5.95. The van der Waals surface area contributed by atoms with Gasteiger partial charge in [0, 0.05) is 25.9 Å². The number of hydrogen-bond acceptors (Lipinski definition) is 4. The molecule has 0 bridgehead atoms. The van der Waals surface area contributed by atoms with Gasteiger partial charge < -0.3 is 10.5 Å². The van der Waals surface area contributed by atoms with Crippen LogP contribution in [0.2, 0.25) is 0 Å². The number of ether oxygens (including phenoxy) is 1. The van der Waals surface area contributed by atoms with Crippen LogP contribution in [0.15, 0.2) is 24.4 Å². The topological polar surface area (TPSA) is 51.4 Å². The molecule has 2 N–H and O–H groups in total. The highest BCUT2D eigenvalue weighted by molar-refractivity contribution is 5.05. The summed E-state index contributed by atoms with van der Waals surface area (Å²) in [5.74, 6) is 0. The molecular formula is C13H21N3O. The van der Waals surface area contributed by atoms with Crippen molar-refractivity contribution >= 4 is 0 Å². The molecule has 1 unspecified atom stereocenters. The number of nitrogens with two attached hydrogens (primary N) is 1. The zero-order valence-electron chi connectivity index (χ0n) is 10.4. The second-order valence-corrected chi connectivity index (χ2v) is 4.76. The van der Waals surface area contributed by atoms with E-state index in [1.165, 1.54) is 0 Å². The standard InChI is InChI=1S/C13H21N3O/c1-16(9-12-5-2-3-7-15-12)13(10-14)6-4-8-17-11-13/h2-3,5,7H,4,6,8-11,14H2,1H3. The van der Waals surface area contributed by atoms with Crippen molar-refractivity contribution in [3.05, 3.63) is 30.1 Å². The lowest BCUT2D eigenvalue weighted by Gasteiger charge is -2.43. The predicted molar refractivity (Wildman–Crippen MR) is 67.5 cm³/mol. The lowest BCUT2D eigenvalue weighted by atomic mass is 9.90. The molecule has 0 amide bonds. The first-order chi connectivity index (χ1) is 8.27. The van der Waals surface area contributed by atoms with E-state index in [-0.39, 0.29) is 5.54 Å². The molecule has 1 aromatic rings. The third-order valence-electron chi connectivity index (χ3n) is 3.62. The largest absolute Gasteiger partial charge is 0.379 e. The first-order valence-corrected chi connectivity index (χ1v) is 6.16. The Bertz CT molecular complexity index is 336. The summed E-state index contributed by atoms with van der Waals surface area (Å²) in [6, 6.07) is 6.00. The van der Waals surface area contributed by atoms with Gasteiger partial charge in [-0.1, -0.05) is 6.07 Å². The van der Waals surface area contributed by atoms with Crippen LogP contribution in [0, 0.1) is 0 Å². The molecule has 4 nitrogen and oxygen atoms in total. The molecule has 0 aliphatic carbocycles. The van der Waals surface area contributed by atoms with Crippen LogP contribution in [0.5, 0.6) is 0 Å². The van der Waals surface area contributed by atoms with Gasteiger partial charge in [-0.05, 0) is 32.0 Å². The Hall–Kier alpha value is -0.970. The summed E-state index contributed by atoms with van der Waals surface area (Å²) in [6.45, 7) is 3.05. The Kier molecular flexibility index (Phi) is 4.10. The zero-order valence-corrected chi connectivity index (χ0v) is 10.4. The van der Waals surface area contributed by atoms with E-state index in [0.717, 1.165) is 38.3 Å². The molecule has 1 aliphatic heterocycles. The lowest BCUT2D eigenvalue weighted by molar-refractivity contribution is -0.0378. The van der Waals surface area contributed by atoms with Crippen molar-refractivity contribution in [1.29, 1.82) is 0 Å². The number of nitrogens with zero attached hydrogens (tertiary/aromatic N) is 2. The van der Waals surface area contributed by atoms with Crippen LogP contribution in [-0.4, -0.2) is 42.2 Å². The summed E-state index contributed by atoms with van der Waals surface area (Å²) in [7, 11) is 2.11. The van der Waals surface area contributed by atoms with E-state index < -0.39 is 0 Å². The van der Waals surface area contributed by atoms with Gasteiger partial charge in [-0.25, -0.2) is 0 Å². The van der Waals surface area contributed by atoms with Crippen LogP contribution in [0.1, 0.15) is 18.5 Å². The monoisotopic (exact) mass is 235 g/mol. The molecule has 1 aliphatic rings. The van der Waals surface area contributed by atoms with Crippen molar-refractivity contribution in [2.75, 3.05) is 26.8 Å². The number of likely N-dealkylation sites (N-methyl/N-ethyl adjacent to an activating group) is 1. The van der Waals surface area contributed by atoms with Gasteiger partial charge in [-0.15, -0.1) is 0 Å². The minimum atomic E-state index is -0.0181. The predicted octanol–water partition coefficient (Wildman–Crippen LogP) is 1.02. The molecule has 0 aromatic carbocycles. The fraction of sp³-hybridized carbons (Fsp3) is 0.615. The maximum absolute atomic E-state index is 5.95. The van der Waals surface area contributed by atoms with E-state index in [1.54, 1.807) is 0 Å². The minimum absolute atomic E-state index is 0.0181. The molecule has 2 rings (SSSR count). The second kappa shape index (κ2) is 5.58. The molecule has 1 saturated heterocycles. The van der Waals surface area contributed by atoms with Gasteiger partial charge in [0.25, 0.3) is 0 Å². The molecule has 0 spiro atoms. The molecule has 0 radical (unpaired) electrons. The number of hydrogen-bond donors (Lipinski definition) is 1. The van der Waals surface area contributed by atoms with E-state index in [0.29, 0.717) is 6.54 Å². The SMILES string of the molecule is CN(Cc1ccccn1)C1(CN)CCCOC1. The Labute approximate surface area is 103 Å². The summed E-state index contributed by atoms with van der Waals surface area (Å²) in [6.07, 6.45) is 4.02.